The average molecular weight is 537 g/mol. The molecule has 0 bridgehead atoms. The van der Waals surface area contributed by atoms with Gasteiger partial charge in [-0.1, -0.05) is 18.2 Å². The number of Topliss-reactive ketones (excluding diaryl/α,β-unsaturated/α-hetero) is 1. The van der Waals surface area contributed by atoms with Crippen LogP contribution in [0, 0.1) is 0 Å². The molecule has 0 fully saturated rings. The molecule has 1 amide bonds. The molecule has 196 valence electrons. The molecule has 1 aromatic heterocycles. The molecule has 0 saturated heterocycles. The molecule has 3 aromatic carbocycles. The summed E-state index contributed by atoms with van der Waals surface area (Å²) in [5, 5.41) is 3.35. The third-order valence-corrected chi connectivity index (χ3v) is 7.25. The van der Waals surface area contributed by atoms with E-state index in [9.17, 15) is 22.8 Å². The first-order chi connectivity index (χ1) is 18.1. The largest absolute Gasteiger partial charge is 0.482 e. The van der Waals surface area contributed by atoms with Gasteiger partial charge in [0.05, 0.1) is 10.6 Å². The molecule has 0 aliphatic carbocycles. The number of ketones is 1. The molecule has 0 unspecified atom stereocenters. The van der Waals surface area contributed by atoms with Crippen molar-refractivity contribution in [2.45, 2.75) is 11.8 Å². The van der Waals surface area contributed by atoms with Crippen LogP contribution in [0.25, 0.3) is 11.0 Å². The number of anilines is 2. The van der Waals surface area contributed by atoms with E-state index in [2.05, 4.69) is 5.32 Å². The highest BCUT2D eigenvalue weighted by Gasteiger charge is 2.21. The first-order valence-corrected chi connectivity index (χ1v) is 12.8. The summed E-state index contributed by atoms with van der Waals surface area (Å²) in [5.74, 6) is -1.09. The Bertz CT molecular complexity index is 1540. The van der Waals surface area contributed by atoms with E-state index in [0.29, 0.717) is 22.7 Å². The van der Waals surface area contributed by atoms with Gasteiger partial charge in [-0.2, -0.15) is 0 Å². The van der Waals surface area contributed by atoms with E-state index in [4.69, 9.17) is 13.9 Å². The number of ether oxygens (including phenoxy) is 2. The highest BCUT2D eigenvalue weighted by atomic mass is 32.2. The maximum Gasteiger partial charge on any atom is 0.344 e. The standard InChI is InChI=1S/C27H24N2O8S/c1-18(30)28-20-7-13-23(14-8-20)38(33,34)29(2)21-9-11-22(12-10-21)35-17-27(32)36-16-24(31)26-15-19-5-3-4-6-25(19)37-26/h3-15H,16-17H2,1-2H3,(H,28,30). The number of hydrogen-bond donors (Lipinski definition) is 1. The van der Waals surface area contributed by atoms with Crippen LogP contribution in [0.15, 0.2) is 88.2 Å². The number of amides is 1. The van der Waals surface area contributed by atoms with Crippen molar-refractivity contribution in [3.63, 3.8) is 0 Å². The Hall–Kier alpha value is -4.64. The number of fused-ring (bicyclic) bond motifs is 1. The van der Waals surface area contributed by atoms with E-state index in [-0.39, 0.29) is 16.6 Å². The van der Waals surface area contributed by atoms with Crippen LogP contribution < -0.4 is 14.4 Å². The van der Waals surface area contributed by atoms with E-state index in [1.54, 1.807) is 24.3 Å². The Balaban J connectivity index is 1.29. The minimum Gasteiger partial charge on any atom is -0.482 e. The molecular weight excluding hydrogens is 512 g/mol. The van der Waals surface area contributed by atoms with Crippen molar-refractivity contribution >= 4 is 50.0 Å². The number of furan rings is 1. The lowest BCUT2D eigenvalue weighted by Gasteiger charge is -2.20. The summed E-state index contributed by atoms with van der Waals surface area (Å²) in [4.78, 5) is 35.5. The number of benzene rings is 3. The molecular formula is C27H24N2O8S. The summed E-state index contributed by atoms with van der Waals surface area (Å²) in [5.41, 5.74) is 1.41. The molecule has 10 nitrogen and oxygen atoms in total. The van der Waals surface area contributed by atoms with Gasteiger partial charge < -0.3 is 19.2 Å². The predicted octanol–water partition coefficient (Wildman–Crippen LogP) is 4.02. The summed E-state index contributed by atoms with van der Waals surface area (Å²) in [6.07, 6.45) is 0. The zero-order valence-electron chi connectivity index (χ0n) is 20.5. The Labute approximate surface area is 218 Å². The molecule has 0 spiro atoms. The van der Waals surface area contributed by atoms with Gasteiger partial charge in [0.1, 0.15) is 11.3 Å². The molecule has 4 aromatic rings. The van der Waals surface area contributed by atoms with Crippen LogP contribution in [0.4, 0.5) is 11.4 Å². The lowest BCUT2D eigenvalue weighted by atomic mass is 10.2. The second-order valence-electron chi connectivity index (χ2n) is 8.19. The molecule has 0 saturated carbocycles. The number of nitrogens with zero attached hydrogens (tertiary/aromatic N) is 1. The van der Waals surface area contributed by atoms with Crippen LogP contribution in [-0.4, -0.2) is 46.3 Å². The van der Waals surface area contributed by atoms with Crippen LogP contribution in [-0.2, 0) is 24.3 Å². The zero-order chi connectivity index (χ0) is 27.3. The third kappa shape index (κ3) is 6.19. The van der Waals surface area contributed by atoms with Crippen molar-refractivity contribution in [2.75, 3.05) is 29.9 Å². The molecule has 4 rings (SSSR count). The number of sulfonamides is 1. The molecule has 0 aliphatic rings. The normalized spacial score (nSPS) is 11.1. The second-order valence-corrected chi connectivity index (χ2v) is 10.2. The first-order valence-electron chi connectivity index (χ1n) is 11.4. The highest BCUT2D eigenvalue weighted by molar-refractivity contribution is 7.92. The summed E-state index contributed by atoms with van der Waals surface area (Å²) in [6, 6.07) is 20.6. The molecule has 0 atom stereocenters. The van der Waals surface area contributed by atoms with Gasteiger partial charge in [0, 0.05) is 25.0 Å². The molecule has 0 aliphatic heterocycles. The van der Waals surface area contributed by atoms with Gasteiger partial charge in [-0.05, 0) is 60.7 Å². The first kappa shape index (κ1) is 26.4. The third-order valence-electron chi connectivity index (χ3n) is 5.45. The molecule has 38 heavy (non-hydrogen) atoms. The number of carbonyl (C=O) groups is 3. The van der Waals surface area contributed by atoms with Crippen molar-refractivity contribution in [2.24, 2.45) is 0 Å². The molecule has 0 radical (unpaired) electrons. The molecule has 11 heteroatoms. The number of nitrogens with one attached hydrogen (secondary N) is 1. The Kier molecular flexibility index (Phi) is 7.77. The van der Waals surface area contributed by atoms with Gasteiger partial charge in [-0.15, -0.1) is 0 Å². The minimum atomic E-state index is -3.86. The second kappa shape index (κ2) is 11.2. The van der Waals surface area contributed by atoms with Crippen molar-refractivity contribution < 1.29 is 36.7 Å². The lowest BCUT2D eigenvalue weighted by Crippen LogP contribution is -2.26. The Morgan fingerprint density at radius 2 is 1.61 bits per heavy atom. The van der Waals surface area contributed by atoms with E-state index >= 15 is 0 Å². The maximum absolute atomic E-state index is 13.0. The van der Waals surface area contributed by atoms with Gasteiger partial charge >= 0.3 is 5.97 Å². The van der Waals surface area contributed by atoms with Crippen molar-refractivity contribution in [3.8, 4) is 5.75 Å². The number of hydrogen-bond acceptors (Lipinski definition) is 8. The fourth-order valence-electron chi connectivity index (χ4n) is 3.48. The quantitative estimate of drug-likeness (QED) is 0.237. The van der Waals surface area contributed by atoms with E-state index in [0.717, 1.165) is 9.69 Å². The van der Waals surface area contributed by atoms with E-state index in [1.165, 1.54) is 62.5 Å². The van der Waals surface area contributed by atoms with Crippen molar-refractivity contribution in [3.05, 3.63) is 84.6 Å². The van der Waals surface area contributed by atoms with Gasteiger partial charge in [0.25, 0.3) is 10.0 Å². The van der Waals surface area contributed by atoms with Crippen LogP contribution >= 0.6 is 0 Å². The average Bonchev–Trinajstić information content (AvgIpc) is 3.35. The van der Waals surface area contributed by atoms with Gasteiger partial charge in [0.2, 0.25) is 11.7 Å². The van der Waals surface area contributed by atoms with Gasteiger partial charge in [-0.3, -0.25) is 13.9 Å². The number of para-hydroxylation sites is 1. The fourth-order valence-corrected chi connectivity index (χ4v) is 4.68. The Morgan fingerprint density at radius 1 is 0.921 bits per heavy atom. The minimum absolute atomic E-state index is 0.0503. The van der Waals surface area contributed by atoms with Gasteiger partial charge in [0.15, 0.2) is 19.0 Å². The summed E-state index contributed by atoms with van der Waals surface area (Å²) in [6.45, 7) is 0.427. The highest BCUT2D eigenvalue weighted by Crippen LogP contribution is 2.25. The van der Waals surface area contributed by atoms with Crippen LogP contribution in [0.5, 0.6) is 5.75 Å². The number of carbonyl (C=O) groups excluding carboxylic acids is 3. The molecule has 1 N–H and O–H groups in total. The summed E-state index contributed by atoms with van der Waals surface area (Å²) >= 11 is 0. The fraction of sp³-hybridized carbons (Fsp3) is 0.148. The SMILES string of the molecule is CC(=O)Nc1ccc(S(=O)(=O)N(C)c2ccc(OCC(=O)OCC(=O)c3cc4ccccc4o3)cc2)cc1. The van der Waals surface area contributed by atoms with Crippen LogP contribution in [0.3, 0.4) is 0 Å². The van der Waals surface area contributed by atoms with Crippen molar-refractivity contribution in [1.29, 1.82) is 0 Å². The maximum atomic E-state index is 13.0. The Morgan fingerprint density at radius 3 is 2.26 bits per heavy atom. The number of esters is 1. The summed E-state index contributed by atoms with van der Waals surface area (Å²) in [7, 11) is -2.45. The number of rotatable bonds is 10. The predicted molar refractivity (Wildman–Crippen MR) is 140 cm³/mol. The molecule has 1 heterocycles. The van der Waals surface area contributed by atoms with Crippen molar-refractivity contribution in [1.82, 2.24) is 0 Å². The summed E-state index contributed by atoms with van der Waals surface area (Å²) < 4.78 is 42.8. The van der Waals surface area contributed by atoms with E-state index < -0.39 is 35.0 Å². The smallest absolute Gasteiger partial charge is 0.344 e. The van der Waals surface area contributed by atoms with Crippen LogP contribution in [0.1, 0.15) is 17.5 Å². The zero-order valence-corrected chi connectivity index (χ0v) is 21.4. The van der Waals surface area contributed by atoms with Gasteiger partial charge in [-0.25, -0.2) is 13.2 Å². The lowest BCUT2D eigenvalue weighted by molar-refractivity contribution is -0.144. The van der Waals surface area contributed by atoms with E-state index in [1.807, 2.05) is 6.07 Å². The monoisotopic (exact) mass is 536 g/mol. The van der Waals surface area contributed by atoms with Crippen LogP contribution in [0.2, 0.25) is 0 Å². The topological polar surface area (TPSA) is 132 Å².